The maximum Gasteiger partial charge on any atom is 0.509 e. The van der Waals surface area contributed by atoms with E-state index in [1.165, 1.54) is 17.0 Å². The summed E-state index contributed by atoms with van der Waals surface area (Å²) >= 11 is 0. The van der Waals surface area contributed by atoms with Crippen LogP contribution in [0.15, 0.2) is 36.7 Å². The van der Waals surface area contributed by atoms with Crippen molar-refractivity contribution in [1.29, 1.82) is 0 Å². The third-order valence-electron chi connectivity index (χ3n) is 5.32. The summed E-state index contributed by atoms with van der Waals surface area (Å²) in [4.78, 5) is 38.9. The lowest BCUT2D eigenvalue weighted by Crippen LogP contribution is -2.43. The van der Waals surface area contributed by atoms with Crippen molar-refractivity contribution >= 4 is 18.2 Å². The fourth-order valence-corrected chi connectivity index (χ4v) is 3.72. The van der Waals surface area contributed by atoms with Gasteiger partial charge in [0.2, 0.25) is 0 Å². The molecule has 1 fully saturated rings. The fraction of sp³-hybridized carbons (Fsp3) is 0.522. The Balaban J connectivity index is 1.64. The largest absolute Gasteiger partial charge is 0.509 e. The van der Waals surface area contributed by atoms with Crippen molar-refractivity contribution in [2.45, 2.75) is 57.6 Å². The number of nitro groups is 1. The number of ether oxygens (including phenoxy) is 4. The second-order valence-electron chi connectivity index (χ2n) is 9.16. The van der Waals surface area contributed by atoms with Gasteiger partial charge >= 0.3 is 18.2 Å². The molecule has 1 aliphatic heterocycles. The molecule has 0 saturated carbocycles. The molecule has 36 heavy (non-hydrogen) atoms. The van der Waals surface area contributed by atoms with E-state index in [0.29, 0.717) is 6.42 Å². The molecule has 1 amide bonds. The van der Waals surface area contributed by atoms with E-state index < -0.39 is 35.0 Å². The van der Waals surface area contributed by atoms with Crippen LogP contribution in [0.5, 0.6) is 5.75 Å². The maximum atomic E-state index is 12.6. The monoisotopic (exact) mass is 505 g/mol. The van der Waals surface area contributed by atoms with Crippen molar-refractivity contribution in [2.24, 2.45) is 0 Å². The first kappa shape index (κ1) is 26.7. The fourth-order valence-electron chi connectivity index (χ4n) is 3.72. The molecule has 2 N–H and O–H groups in total. The van der Waals surface area contributed by atoms with Crippen LogP contribution >= 0.6 is 0 Å². The second kappa shape index (κ2) is 11.7. The minimum absolute atomic E-state index is 0.0664. The van der Waals surface area contributed by atoms with Crippen LogP contribution in [0.1, 0.15) is 26.3 Å². The van der Waals surface area contributed by atoms with Crippen molar-refractivity contribution in [3.8, 4) is 5.75 Å². The molecular weight excluding hydrogens is 474 g/mol. The van der Waals surface area contributed by atoms with Crippen LogP contribution in [-0.2, 0) is 27.2 Å². The van der Waals surface area contributed by atoms with E-state index in [1.54, 1.807) is 27.9 Å². The van der Waals surface area contributed by atoms with Gasteiger partial charge in [0.1, 0.15) is 23.7 Å². The van der Waals surface area contributed by atoms with Gasteiger partial charge in [-0.05, 0) is 49.8 Å². The summed E-state index contributed by atoms with van der Waals surface area (Å²) in [5.74, 6) is 0.394. The van der Waals surface area contributed by atoms with Crippen LogP contribution in [-0.4, -0.2) is 70.8 Å². The van der Waals surface area contributed by atoms with E-state index in [4.69, 9.17) is 18.9 Å². The number of alkyl carbamates (subject to hydrolysis) is 1. The normalized spacial score (nSPS) is 19.4. The van der Waals surface area contributed by atoms with Crippen molar-refractivity contribution < 1.29 is 33.5 Å². The number of aromatic nitrogens is 2. The predicted octanol–water partition coefficient (Wildman–Crippen LogP) is 2.43. The molecule has 0 spiro atoms. The molecule has 2 heterocycles. The molecule has 13 nitrogen and oxygen atoms in total. The molecule has 1 aromatic heterocycles. The van der Waals surface area contributed by atoms with Gasteiger partial charge in [-0.25, -0.2) is 14.2 Å². The zero-order valence-electron chi connectivity index (χ0n) is 20.6. The Morgan fingerprint density at radius 2 is 1.97 bits per heavy atom. The Kier molecular flexibility index (Phi) is 8.69. The number of hydrogen-bond donors (Lipinski definition) is 2. The highest BCUT2D eigenvalue weighted by Gasteiger charge is 2.42. The third kappa shape index (κ3) is 7.57. The van der Waals surface area contributed by atoms with Gasteiger partial charge in [0.05, 0.1) is 26.2 Å². The molecule has 0 unspecified atom stereocenters. The van der Waals surface area contributed by atoms with Crippen molar-refractivity contribution in [3.63, 3.8) is 0 Å². The van der Waals surface area contributed by atoms with Gasteiger partial charge < -0.3 is 39.7 Å². The zero-order chi connectivity index (χ0) is 26.3. The Hall–Kier alpha value is -3.87. The highest BCUT2D eigenvalue weighted by molar-refractivity contribution is 5.67. The number of rotatable bonds is 9. The van der Waals surface area contributed by atoms with Crippen molar-refractivity contribution in [3.05, 3.63) is 52.3 Å². The highest BCUT2D eigenvalue weighted by atomic mass is 16.7. The van der Waals surface area contributed by atoms with Gasteiger partial charge in [-0.3, -0.25) is 0 Å². The van der Waals surface area contributed by atoms with Gasteiger partial charge in [0, 0.05) is 6.54 Å². The molecule has 1 aromatic carbocycles. The summed E-state index contributed by atoms with van der Waals surface area (Å²) in [7, 11) is 1.58. The molecule has 0 aliphatic carbocycles. The smallest absolute Gasteiger partial charge is 0.497 e. The summed E-state index contributed by atoms with van der Waals surface area (Å²) in [6.07, 6.45) is 0.0674. The topological polar surface area (TPSA) is 156 Å². The standard InChI is InChI=1S/C23H31N5O8/c1-23(2,3)36-22(30)34-18-14-26-17(13-15-5-7-16(33-4)8-6-15)19(18)35-21(29)25-10-12-27-11-9-24-20(27)28(31)32/h5-9,11,17-19,26H,10,12-14H2,1-4H3,(H,25,29)/t17-,18+,19+/m1/s1. The minimum Gasteiger partial charge on any atom is -0.497 e. The van der Waals surface area contributed by atoms with E-state index in [2.05, 4.69) is 15.6 Å². The zero-order valence-corrected chi connectivity index (χ0v) is 20.6. The van der Waals surface area contributed by atoms with Gasteiger partial charge in [-0.15, -0.1) is 0 Å². The Labute approximate surface area is 208 Å². The average Bonchev–Trinajstić information content (AvgIpc) is 3.41. The highest BCUT2D eigenvalue weighted by Crippen LogP contribution is 2.22. The van der Waals surface area contributed by atoms with Gasteiger partial charge in [-0.1, -0.05) is 17.1 Å². The Morgan fingerprint density at radius 3 is 2.61 bits per heavy atom. The number of hydrogen-bond acceptors (Lipinski definition) is 10. The van der Waals surface area contributed by atoms with E-state index in [-0.39, 0.29) is 31.6 Å². The van der Waals surface area contributed by atoms with Crippen LogP contribution in [0.25, 0.3) is 0 Å². The first-order valence-electron chi connectivity index (χ1n) is 11.4. The summed E-state index contributed by atoms with van der Waals surface area (Å²) in [6.45, 7) is 5.62. The van der Waals surface area contributed by atoms with E-state index in [0.717, 1.165) is 11.3 Å². The number of carbonyl (C=O) groups is 2. The van der Waals surface area contributed by atoms with E-state index in [9.17, 15) is 19.7 Å². The van der Waals surface area contributed by atoms with Crippen LogP contribution in [0.2, 0.25) is 0 Å². The quantitative estimate of drug-likeness (QED) is 0.295. The lowest BCUT2D eigenvalue weighted by molar-refractivity contribution is -0.396. The van der Waals surface area contributed by atoms with Crippen LogP contribution in [0.3, 0.4) is 0 Å². The average molecular weight is 506 g/mol. The molecule has 13 heteroatoms. The van der Waals surface area contributed by atoms with E-state index >= 15 is 0 Å². The van der Waals surface area contributed by atoms with Crippen molar-refractivity contribution in [2.75, 3.05) is 20.2 Å². The third-order valence-corrected chi connectivity index (χ3v) is 5.32. The SMILES string of the molecule is COc1ccc(C[C@H]2NC[C@H](OC(=O)OC(C)(C)C)[C@H]2OC(=O)NCCn2ccnc2[N+](=O)[O-])cc1. The molecule has 0 radical (unpaired) electrons. The van der Waals surface area contributed by atoms with Crippen LogP contribution in [0.4, 0.5) is 15.5 Å². The minimum atomic E-state index is -0.860. The molecule has 1 aliphatic rings. The predicted molar refractivity (Wildman–Crippen MR) is 127 cm³/mol. The summed E-state index contributed by atoms with van der Waals surface area (Å²) in [6, 6.07) is 7.12. The molecule has 2 aromatic rings. The molecular formula is C23H31N5O8. The van der Waals surface area contributed by atoms with Gasteiger partial charge in [0.15, 0.2) is 12.2 Å². The first-order chi connectivity index (χ1) is 17.1. The molecule has 3 atom stereocenters. The number of imidazole rings is 1. The lowest BCUT2D eigenvalue weighted by Gasteiger charge is -2.26. The number of carbonyl (C=O) groups excluding carboxylic acids is 2. The van der Waals surface area contributed by atoms with Crippen molar-refractivity contribution in [1.82, 2.24) is 20.2 Å². The number of nitrogens with one attached hydrogen (secondary N) is 2. The number of methoxy groups -OCH3 is 1. The van der Waals surface area contributed by atoms with Crippen LogP contribution < -0.4 is 15.4 Å². The first-order valence-corrected chi connectivity index (χ1v) is 11.4. The number of nitrogens with zero attached hydrogens (tertiary/aromatic N) is 3. The molecule has 0 bridgehead atoms. The van der Waals surface area contributed by atoms with Gasteiger partial charge in [0.25, 0.3) is 0 Å². The molecule has 1 saturated heterocycles. The van der Waals surface area contributed by atoms with E-state index in [1.807, 2.05) is 24.3 Å². The molecule has 3 rings (SSSR count). The lowest BCUT2D eigenvalue weighted by atomic mass is 10.0. The Morgan fingerprint density at radius 1 is 1.25 bits per heavy atom. The molecule has 196 valence electrons. The summed E-state index contributed by atoms with van der Waals surface area (Å²) in [5.41, 5.74) is 0.225. The maximum absolute atomic E-state index is 12.6. The number of amides is 1. The van der Waals surface area contributed by atoms with Crippen LogP contribution in [0, 0.1) is 10.1 Å². The number of benzene rings is 1. The van der Waals surface area contributed by atoms with Gasteiger partial charge in [-0.2, -0.15) is 0 Å². The second-order valence-corrected chi connectivity index (χ2v) is 9.16. The summed E-state index contributed by atoms with van der Waals surface area (Å²) < 4.78 is 22.9. The summed E-state index contributed by atoms with van der Waals surface area (Å²) in [5, 5.41) is 16.8. The Bertz CT molecular complexity index is 1050.